The van der Waals surface area contributed by atoms with Crippen LogP contribution in [0.4, 0.5) is 5.69 Å². The van der Waals surface area contributed by atoms with Crippen LogP contribution in [-0.2, 0) is 0 Å². The summed E-state index contributed by atoms with van der Waals surface area (Å²) in [6, 6.07) is 10.1. The quantitative estimate of drug-likeness (QED) is 0.691. The SMILES string of the molecule is CCN(CC)c1ccc(C(=O)NNC(=O)c2cc(Cl)c(OC)c(OC)c2)cc1. The van der Waals surface area contributed by atoms with E-state index in [1.165, 1.54) is 26.4 Å². The number of halogens is 1. The first-order valence-electron chi connectivity index (χ1n) is 8.82. The number of hydrogen-bond acceptors (Lipinski definition) is 5. The van der Waals surface area contributed by atoms with E-state index >= 15 is 0 Å². The van der Waals surface area contributed by atoms with Crippen molar-refractivity contribution in [1.29, 1.82) is 0 Å². The van der Waals surface area contributed by atoms with E-state index in [-0.39, 0.29) is 10.6 Å². The lowest BCUT2D eigenvalue weighted by molar-refractivity contribution is 0.0846. The molecule has 0 aliphatic carbocycles. The fourth-order valence-corrected chi connectivity index (χ4v) is 3.01. The molecule has 2 rings (SSSR count). The number of methoxy groups -OCH3 is 2. The third-order valence-electron chi connectivity index (χ3n) is 4.24. The van der Waals surface area contributed by atoms with Crippen molar-refractivity contribution < 1.29 is 19.1 Å². The molecule has 2 amide bonds. The second kappa shape index (κ2) is 9.85. The largest absolute Gasteiger partial charge is 0.493 e. The Hall–Kier alpha value is -2.93. The average molecular weight is 406 g/mol. The van der Waals surface area contributed by atoms with Gasteiger partial charge in [0.15, 0.2) is 11.5 Å². The predicted octanol–water partition coefficient (Wildman–Crippen LogP) is 3.28. The maximum Gasteiger partial charge on any atom is 0.269 e. The monoisotopic (exact) mass is 405 g/mol. The molecule has 2 N–H and O–H groups in total. The summed E-state index contributed by atoms with van der Waals surface area (Å²) in [7, 11) is 2.90. The van der Waals surface area contributed by atoms with Crippen molar-refractivity contribution >= 4 is 29.1 Å². The molecule has 2 aromatic rings. The zero-order valence-corrected chi connectivity index (χ0v) is 17.1. The number of benzene rings is 2. The number of carbonyl (C=O) groups excluding carboxylic acids is 2. The van der Waals surface area contributed by atoms with Crippen LogP contribution in [0.5, 0.6) is 11.5 Å². The van der Waals surface area contributed by atoms with E-state index in [2.05, 4.69) is 29.6 Å². The zero-order valence-electron chi connectivity index (χ0n) is 16.3. The number of anilines is 1. The summed E-state index contributed by atoms with van der Waals surface area (Å²) in [6.07, 6.45) is 0. The number of nitrogens with one attached hydrogen (secondary N) is 2. The molecule has 150 valence electrons. The molecule has 0 fully saturated rings. The maximum atomic E-state index is 12.3. The summed E-state index contributed by atoms with van der Waals surface area (Å²) in [5.74, 6) is -0.307. The van der Waals surface area contributed by atoms with Gasteiger partial charge in [-0.1, -0.05) is 11.6 Å². The first kappa shape index (κ1) is 21.4. The fraction of sp³-hybridized carbons (Fsp3) is 0.300. The summed E-state index contributed by atoms with van der Waals surface area (Å²) >= 11 is 6.10. The third kappa shape index (κ3) is 4.86. The van der Waals surface area contributed by atoms with Crippen molar-refractivity contribution in [3.63, 3.8) is 0 Å². The Morgan fingerprint density at radius 3 is 2.00 bits per heavy atom. The van der Waals surface area contributed by atoms with Crippen molar-refractivity contribution in [3.05, 3.63) is 52.5 Å². The van der Waals surface area contributed by atoms with Gasteiger partial charge in [-0.2, -0.15) is 0 Å². The Bertz CT molecular complexity index is 836. The molecular weight excluding hydrogens is 382 g/mol. The van der Waals surface area contributed by atoms with Gasteiger partial charge in [-0.25, -0.2) is 0 Å². The van der Waals surface area contributed by atoms with Crippen LogP contribution in [0.1, 0.15) is 34.6 Å². The molecule has 0 heterocycles. The second-order valence-electron chi connectivity index (χ2n) is 5.82. The molecule has 0 aliphatic rings. The van der Waals surface area contributed by atoms with Gasteiger partial charge in [0, 0.05) is 29.9 Å². The molecule has 0 saturated heterocycles. The number of nitrogens with zero attached hydrogens (tertiary/aromatic N) is 1. The van der Waals surface area contributed by atoms with Crippen LogP contribution in [-0.4, -0.2) is 39.1 Å². The third-order valence-corrected chi connectivity index (χ3v) is 4.52. The normalized spacial score (nSPS) is 10.2. The summed E-state index contributed by atoms with van der Waals surface area (Å²) in [5, 5.41) is 0.227. The van der Waals surface area contributed by atoms with E-state index < -0.39 is 11.8 Å². The lowest BCUT2D eigenvalue weighted by Crippen LogP contribution is -2.41. The van der Waals surface area contributed by atoms with Crippen LogP contribution in [0.2, 0.25) is 5.02 Å². The Morgan fingerprint density at radius 2 is 1.50 bits per heavy atom. The number of hydrazine groups is 1. The Labute approximate surface area is 169 Å². The zero-order chi connectivity index (χ0) is 20.7. The van der Waals surface area contributed by atoms with Crippen molar-refractivity contribution in [1.82, 2.24) is 10.9 Å². The number of carbonyl (C=O) groups is 2. The van der Waals surface area contributed by atoms with Gasteiger partial charge in [-0.15, -0.1) is 0 Å². The maximum absolute atomic E-state index is 12.3. The summed E-state index contributed by atoms with van der Waals surface area (Å²) in [5.41, 5.74) is 6.45. The van der Waals surface area contributed by atoms with Gasteiger partial charge < -0.3 is 14.4 Å². The van der Waals surface area contributed by atoms with Crippen LogP contribution >= 0.6 is 11.6 Å². The Kier molecular flexibility index (Phi) is 7.52. The molecule has 8 heteroatoms. The lowest BCUT2D eigenvalue weighted by Gasteiger charge is -2.21. The van der Waals surface area contributed by atoms with E-state index in [9.17, 15) is 9.59 Å². The van der Waals surface area contributed by atoms with E-state index in [0.29, 0.717) is 17.1 Å². The predicted molar refractivity (Wildman–Crippen MR) is 109 cm³/mol. The van der Waals surface area contributed by atoms with Gasteiger partial charge >= 0.3 is 0 Å². The van der Waals surface area contributed by atoms with Crippen LogP contribution in [0.3, 0.4) is 0 Å². The van der Waals surface area contributed by atoms with Gasteiger partial charge in [-0.3, -0.25) is 20.4 Å². The van der Waals surface area contributed by atoms with Crippen LogP contribution in [0.25, 0.3) is 0 Å². The molecule has 0 saturated carbocycles. The van der Waals surface area contributed by atoms with Gasteiger partial charge in [0.2, 0.25) is 0 Å². The Morgan fingerprint density at radius 1 is 0.929 bits per heavy atom. The number of hydrogen-bond donors (Lipinski definition) is 2. The minimum absolute atomic E-state index is 0.222. The van der Waals surface area contributed by atoms with Crippen molar-refractivity contribution in [2.24, 2.45) is 0 Å². The van der Waals surface area contributed by atoms with E-state index in [1.54, 1.807) is 12.1 Å². The molecule has 0 unspecified atom stereocenters. The first-order chi connectivity index (χ1) is 13.4. The standard InChI is InChI=1S/C20H24ClN3O4/c1-5-24(6-2)15-9-7-13(8-10-15)19(25)22-23-20(26)14-11-16(21)18(28-4)17(12-14)27-3/h7-12H,5-6H2,1-4H3,(H,22,25)(H,23,26). The first-order valence-corrected chi connectivity index (χ1v) is 9.20. The topological polar surface area (TPSA) is 79.9 Å². The molecule has 0 atom stereocenters. The number of ether oxygens (including phenoxy) is 2. The van der Waals surface area contributed by atoms with Crippen molar-refractivity contribution in [2.45, 2.75) is 13.8 Å². The van der Waals surface area contributed by atoms with Crippen LogP contribution in [0, 0.1) is 0 Å². The smallest absolute Gasteiger partial charge is 0.269 e. The fourth-order valence-electron chi connectivity index (χ4n) is 2.72. The van der Waals surface area contributed by atoms with Crippen LogP contribution < -0.4 is 25.2 Å². The van der Waals surface area contributed by atoms with E-state index in [0.717, 1.165) is 18.8 Å². The number of rotatable bonds is 7. The highest BCUT2D eigenvalue weighted by Gasteiger charge is 2.16. The lowest BCUT2D eigenvalue weighted by atomic mass is 10.2. The summed E-state index contributed by atoms with van der Waals surface area (Å²) in [4.78, 5) is 26.8. The molecule has 0 aliphatic heterocycles. The minimum atomic E-state index is -0.532. The highest BCUT2D eigenvalue weighted by molar-refractivity contribution is 6.32. The molecule has 28 heavy (non-hydrogen) atoms. The van der Waals surface area contributed by atoms with Gasteiger partial charge in [0.25, 0.3) is 11.8 Å². The van der Waals surface area contributed by atoms with E-state index in [1.807, 2.05) is 12.1 Å². The van der Waals surface area contributed by atoms with Crippen molar-refractivity contribution in [3.8, 4) is 11.5 Å². The van der Waals surface area contributed by atoms with Gasteiger partial charge in [0.05, 0.1) is 19.2 Å². The molecule has 0 aromatic heterocycles. The van der Waals surface area contributed by atoms with Gasteiger partial charge in [0.1, 0.15) is 0 Å². The highest BCUT2D eigenvalue weighted by atomic mass is 35.5. The number of amides is 2. The molecule has 0 spiro atoms. The van der Waals surface area contributed by atoms with Crippen LogP contribution in [0.15, 0.2) is 36.4 Å². The minimum Gasteiger partial charge on any atom is -0.493 e. The molecular formula is C20H24ClN3O4. The second-order valence-corrected chi connectivity index (χ2v) is 6.23. The highest BCUT2D eigenvalue weighted by Crippen LogP contribution is 2.35. The molecule has 2 aromatic carbocycles. The molecule has 7 nitrogen and oxygen atoms in total. The van der Waals surface area contributed by atoms with E-state index in [4.69, 9.17) is 21.1 Å². The summed E-state index contributed by atoms with van der Waals surface area (Å²) in [6.45, 7) is 5.90. The molecule has 0 bridgehead atoms. The Balaban J connectivity index is 2.04. The van der Waals surface area contributed by atoms with Crippen molar-refractivity contribution in [2.75, 3.05) is 32.2 Å². The average Bonchev–Trinajstić information content (AvgIpc) is 2.72. The molecule has 0 radical (unpaired) electrons. The summed E-state index contributed by atoms with van der Waals surface area (Å²) < 4.78 is 10.3. The van der Waals surface area contributed by atoms with Gasteiger partial charge in [-0.05, 0) is 50.2 Å².